The van der Waals surface area contributed by atoms with Crippen LogP contribution in [0.25, 0.3) is 0 Å². The van der Waals surface area contributed by atoms with Gasteiger partial charge in [-0.15, -0.1) is 0 Å². The number of hydrogen-bond donors (Lipinski definition) is 0. The smallest absolute Gasteiger partial charge is 0.0352 e. The van der Waals surface area contributed by atoms with Gasteiger partial charge in [0.05, 0.1) is 0 Å². The molecule has 0 nitrogen and oxygen atoms in total. The molecule has 3 fully saturated rings. The first kappa shape index (κ1) is 20.7. The number of hydrogen-bond acceptors (Lipinski definition) is 0. The third-order valence-corrected chi connectivity index (χ3v) is 8.82. The molecule has 7 unspecified atom stereocenters. The van der Waals surface area contributed by atoms with Gasteiger partial charge in [0.25, 0.3) is 0 Å². The molecule has 0 aliphatic heterocycles. The van der Waals surface area contributed by atoms with Gasteiger partial charge in [0.2, 0.25) is 0 Å². The van der Waals surface area contributed by atoms with E-state index >= 15 is 0 Å². The summed E-state index contributed by atoms with van der Waals surface area (Å²) in [7, 11) is 0. The topological polar surface area (TPSA) is 0 Å². The SMILES string of the molecule is CC1CCC2CCCCCCCC2C(C2CCCCC2C)CCC(C)C1. The average molecular weight is 361 g/mol. The minimum Gasteiger partial charge on any atom is -0.0625 e. The largest absolute Gasteiger partial charge is 0.0625 e. The fourth-order valence-electron chi connectivity index (χ4n) is 7.31. The Balaban J connectivity index is 1.82. The first-order valence-corrected chi connectivity index (χ1v) is 12.6. The normalized spacial score (nSPS) is 44.2. The van der Waals surface area contributed by atoms with Crippen molar-refractivity contribution in [3.63, 3.8) is 0 Å². The van der Waals surface area contributed by atoms with Crippen LogP contribution in [-0.4, -0.2) is 0 Å². The molecule has 3 aliphatic carbocycles. The Bertz CT molecular complexity index is 385. The first-order chi connectivity index (χ1) is 12.6. The van der Waals surface area contributed by atoms with Crippen LogP contribution in [0.1, 0.15) is 124 Å². The molecule has 0 amide bonds. The van der Waals surface area contributed by atoms with Gasteiger partial charge in [0.1, 0.15) is 0 Å². The molecule has 3 rings (SSSR count). The summed E-state index contributed by atoms with van der Waals surface area (Å²) in [5.74, 6) is 7.16. The molecule has 0 spiro atoms. The molecule has 152 valence electrons. The highest BCUT2D eigenvalue weighted by Gasteiger charge is 2.38. The van der Waals surface area contributed by atoms with E-state index in [1.54, 1.807) is 32.1 Å². The van der Waals surface area contributed by atoms with E-state index in [9.17, 15) is 0 Å². The van der Waals surface area contributed by atoms with Crippen molar-refractivity contribution in [2.45, 2.75) is 124 Å². The number of fused-ring (bicyclic) bond motifs is 1. The van der Waals surface area contributed by atoms with Crippen molar-refractivity contribution >= 4 is 0 Å². The zero-order chi connectivity index (χ0) is 18.4. The van der Waals surface area contributed by atoms with Crippen molar-refractivity contribution < 1.29 is 0 Å². The fraction of sp³-hybridized carbons (Fsp3) is 1.00. The van der Waals surface area contributed by atoms with Crippen molar-refractivity contribution in [2.75, 3.05) is 0 Å². The van der Waals surface area contributed by atoms with E-state index in [2.05, 4.69) is 20.8 Å². The molecule has 7 atom stereocenters. The zero-order valence-corrected chi connectivity index (χ0v) is 18.4. The summed E-state index contributed by atoms with van der Waals surface area (Å²) in [6.45, 7) is 7.71. The van der Waals surface area contributed by atoms with Crippen molar-refractivity contribution in [1.82, 2.24) is 0 Å². The molecule has 0 aromatic rings. The quantitative estimate of drug-likeness (QED) is 0.439. The van der Waals surface area contributed by atoms with Crippen LogP contribution in [0.3, 0.4) is 0 Å². The first-order valence-electron chi connectivity index (χ1n) is 12.6. The van der Waals surface area contributed by atoms with E-state index in [-0.39, 0.29) is 0 Å². The van der Waals surface area contributed by atoms with Gasteiger partial charge in [-0.25, -0.2) is 0 Å². The minimum absolute atomic E-state index is 0.958. The lowest BCUT2D eigenvalue weighted by Gasteiger charge is -2.44. The van der Waals surface area contributed by atoms with E-state index < -0.39 is 0 Å². The molecule has 0 radical (unpaired) electrons. The Morgan fingerprint density at radius 1 is 0.423 bits per heavy atom. The van der Waals surface area contributed by atoms with Crippen LogP contribution in [0.15, 0.2) is 0 Å². The van der Waals surface area contributed by atoms with Crippen LogP contribution in [0.4, 0.5) is 0 Å². The molecule has 3 saturated carbocycles. The molecule has 0 aromatic carbocycles. The Kier molecular flexibility index (Phi) is 8.39. The summed E-state index contributed by atoms with van der Waals surface area (Å²) in [5.41, 5.74) is 0. The monoisotopic (exact) mass is 360 g/mol. The lowest BCUT2D eigenvalue weighted by molar-refractivity contribution is 0.0592. The Morgan fingerprint density at radius 3 is 1.77 bits per heavy atom. The second-order valence-electron chi connectivity index (χ2n) is 11.0. The zero-order valence-electron chi connectivity index (χ0n) is 18.4. The summed E-state index contributed by atoms with van der Waals surface area (Å²) in [5, 5.41) is 0. The highest BCUT2D eigenvalue weighted by atomic mass is 14.4. The maximum absolute atomic E-state index is 2.61. The maximum Gasteiger partial charge on any atom is -0.0352 e. The highest BCUT2D eigenvalue weighted by molar-refractivity contribution is 4.88. The summed E-state index contributed by atoms with van der Waals surface area (Å²) >= 11 is 0. The van der Waals surface area contributed by atoms with Crippen molar-refractivity contribution in [3.8, 4) is 0 Å². The average Bonchev–Trinajstić information content (AvgIpc) is 2.73. The van der Waals surface area contributed by atoms with Crippen molar-refractivity contribution in [2.24, 2.45) is 41.4 Å². The van der Waals surface area contributed by atoms with Crippen LogP contribution in [0, 0.1) is 41.4 Å². The predicted molar refractivity (Wildman–Crippen MR) is 115 cm³/mol. The summed E-state index contributed by atoms with van der Waals surface area (Å²) < 4.78 is 0. The second kappa shape index (κ2) is 10.5. The molecular formula is C26H48. The second-order valence-corrected chi connectivity index (χ2v) is 11.0. The third-order valence-electron chi connectivity index (χ3n) is 8.82. The maximum atomic E-state index is 2.61. The van der Waals surface area contributed by atoms with Gasteiger partial charge in [-0.2, -0.15) is 0 Å². The Morgan fingerprint density at radius 2 is 1.00 bits per heavy atom. The third kappa shape index (κ3) is 5.75. The highest BCUT2D eigenvalue weighted by Crippen LogP contribution is 2.48. The van der Waals surface area contributed by atoms with Crippen LogP contribution >= 0.6 is 0 Å². The van der Waals surface area contributed by atoms with Gasteiger partial charge in [0, 0.05) is 0 Å². The van der Waals surface area contributed by atoms with E-state index in [0.29, 0.717) is 0 Å². The number of rotatable bonds is 1. The standard InChI is InChI=1S/C26H48/c1-20-15-17-23-12-7-5-4-6-8-14-25(23)26(18-16-21(2)19-20)24-13-10-9-11-22(24)3/h20-26H,4-19H2,1-3H3. The molecule has 0 saturated heterocycles. The molecule has 0 bridgehead atoms. The van der Waals surface area contributed by atoms with Crippen LogP contribution in [0.2, 0.25) is 0 Å². The van der Waals surface area contributed by atoms with E-state index in [0.717, 1.165) is 41.4 Å². The van der Waals surface area contributed by atoms with Gasteiger partial charge in [-0.05, 0) is 73.5 Å². The predicted octanol–water partition coefficient (Wildman–Crippen LogP) is 8.64. The van der Waals surface area contributed by atoms with Crippen LogP contribution < -0.4 is 0 Å². The van der Waals surface area contributed by atoms with Crippen molar-refractivity contribution in [3.05, 3.63) is 0 Å². The van der Waals surface area contributed by atoms with E-state index in [4.69, 9.17) is 0 Å². The summed E-state index contributed by atoms with van der Waals surface area (Å²) in [6, 6.07) is 0. The van der Waals surface area contributed by atoms with E-state index in [1.165, 1.54) is 70.6 Å². The molecule has 3 aliphatic rings. The van der Waals surface area contributed by atoms with Crippen molar-refractivity contribution in [1.29, 1.82) is 0 Å². The van der Waals surface area contributed by atoms with Gasteiger partial charge >= 0.3 is 0 Å². The molecule has 0 heterocycles. The Labute approximate surface area is 165 Å². The summed E-state index contributed by atoms with van der Waals surface area (Å²) in [6.07, 6.45) is 24.5. The van der Waals surface area contributed by atoms with Crippen LogP contribution in [-0.2, 0) is 0 Å². The molecule has 0 heteroatoms. The van der Waals surface area contributed by atoms with Gasteiger partial charge in [-0.3, -0.25) is 0 Å². The van der Waals surface area contributed by atoms with Gasteiger partial charge in [0.15, 0.2) is 0 Å². The molecular weight excluding hydrogens is 312 g/mol. The molecule has 0 aromatic heterocycles. The summed E-state index contributed by atoms with van der Waals surface area (Å²) in [4.78, 5) is 0. The lowest BCUT2D eigenvalue weighted by atomic mass is 9.61. The van der Waals surface area contributed by atoms with Gasteiger partial charge in [-0.1, -0.05) is 91.4 Å². The molecule has 26 heavy (non-hydrogen) atoms. The Hall–Kier alpha value is 0. The fourth-order valence-corrected chi connectivity index (χ4v) is 7.31. The molecule has 0 N–H and O–H groups in total. The van der Waals surface area contributed by atoms with Gasteiger partial charge < -0.3 is 0 Å². The minimum atomic E-state index is 0.958. The van der Waals surface area contributed by atoms with E-state index in [1.807, 2.05) is 0 Å². The van der Waals surface area contributed by atoms with Crippen LogP contribution in [0.5, 0.6) is 0 Å². The lowest BCUT2D eigenvalue weighted by Crippen LogP contribution is -2.35.